The Morgan fingerprint density at radius 3 is 2.67 bits per heavy atom. The number of ether oxygens (including phenoxy) is 1. The number of tetrazole rings is 1. The Balaban J connectivity index is 0.00000261. The molecule has 1 aromatic heterocycles. The molecule has 0 atom stereocenters. The highest BCUT2D eigenvalue weighted by Gasteiger charge is 2.05. The third kappa shape index (κ3) is 6.50. The summed E-state index contributed by atoms with van der Waals surface area (Å²) in [5.74, 6) is 1.45. The predicted octanol–water partition coefficient (Wildman–Crippen LogP) is -0.186. The van der Waals surface area contributed by atoms with E-state index < -0.39 is 0 Å². The van der Waals surface area contributed by atoms with E-state index in [2.05, 4.69) is 20.8 Å². The maximum Gasteiger partial charge on any atom is 0.209 e. The summed E-state index contributed by atoms with van der Waals surface area (Å²) in [5.41, 5.74) is 2.02. The number of hydrogen-bond donors (Lipinski definition) is 1. The zero-order valence-corrected chi connectivity index (χ0v) is 16.4. The summed E-state index contributed by atoms with van der Waals surface area (Å²) in [4.78, 5) is 0. The maximum atomic E-state index is 13.0. The van der Waals surface area contributed by atoms with Gasteiger partial charge in [0.1, 0.15) is 18.2 Å². The Labute approximate surface area is 167 Å². The number of rotatable bonds is 9. The van der Waals surface area contributed by atoms with Crippen LogP contribution in [0.2, 0.25) is 0 Å². The second-order valence-electron chi connectivity index (χ2n) is 5.63. The van der Waals surface area contributed by atoms with Gasteiger partial charge in [-0.1, -0.05) is 42.1 Å². The summed E-state index contributed by atoms with van der Waals surface area (Å²) in [6.07, 6.45) is 0. The molecule has 0 radical (unpaired) electrons. The molecule has 3 rings (SSSR count). The number of aromatic nitrogens is 4. The van der Waals surface area contributed by atoms with Crippen LogP contribution in [0.3, 0.4) is 0 Å². The molecule has 0 saturated heterocycles. The molecule has 0 unspecified atom stereocenters. The van der Waals surface area contributed by atoms with Crippen molar-refractivity contribution in [1.29, 1.82) is 0 Å². The first kappa shape index (κ1) is 21.1. The number of para-hydroxylation sites is 1. The average Bonchev–Trinajstić information content (AvgIpc) is 3.07. The van der Waals surface area contributed by atoms with Gasteiger partial charge in [0.15, 0.2) is 0 Å². The van der Waals surface area contributed by atoms with Crippen LogP contribution in [-0.2, 0) is 20.2 Å². The van der Waals surface area contributed by atoms with Crippen LogP contribution in [0.25, 0.3) is 0 Å². The number of hydrogen-bond acceptors (Lipinski definition) is 6. The Bertz CT molecular complexity index is 831. The molecule has 0 spiro atoms. The highest BCUT2D eigenvalue weighted by molar-refractivity contribution is 7.99. The van der Waals surface area contributed by atoms with Gasteiger partial charge in [0.2, 0.25) is 5.16 Å². The second-order valence-corrected chi connectivity index (χ2v) is 6.70. The molecule has 0 fully saturated rings. The molecule has 1 heterocycles. The first-order valence-corrected chi connectivity index (χ1v) is 9.22. The fraction of sp³-hybridized carbons (Fsp3) is 0.278. The van der Waals surface area contributed by atoms with Crippen LogP contribution in [0.5, 0.6) is 5.75 Å². The lowest BCUT2D eigenvalue weighted by atomic mass is 10.2. The van der Waals surface area contributed by atoms with Crippen LogP contribution >= 0.6 is 11.8 Å². The van der Waals surface area contributed by atoms with Gasteiger partial charge in [-0.25, -0.2) is 9.07 Å². The van der Waals surface area contributed by atoms with E-state index in [0.717, 1.165) is 34.3 Å². The number of benzene rings is 2. The van der Waals surface area contributed by atoms with Gasteiger partial charge in [-0.15, -0.1) is 5.10 Å². The largest absolute Gasteiger partial charge is 1.00 e. The summed E-state index contributed by atoms with van der Waals surface area (Å²) >= 11 is 1.60. The van der Waals surface area contributed by atoms with E-state index in [0.29, 0.717) is 13.2 Å². The van der Waals surface area contributed by atoms with E-state index in [4.69, 9.17) is 4.74 Å². The van der Waals surface area contributed by atoms with Crippen molar-refractivity contribution in [2.24, 2.45) is 7.05 Å². The summed E-state index contributed by atoms with van der Waals surface area (Å²) in [6.45, 7) is 1.94. The normalized spacial score (nSPS) is 10.4. The lowest BCUT2D eigenvalue weighted by Crippen LogP contribution is -3.00. The number of halogens is 2. The van der Waals surface area contributed by atoms with Crippen LogP contribution in [0.1, 0.15) is 11.1 Å². The fourth-order valence-corrected chi connectivity index (χ4v) is 3.06. The molecule has 0 aliphatic carbocycles. The van der Waals surface area contributed by atoms with E-state index >= 15 is 0 Å². The molecule has 2 aromatic carbocycles. The molecule has 0 bridgehead atoms. The molecule has 0 aliphatic rings. The van der Waals surface area contributed by atoms with Crippen LogP contribution in [0.15, 0.2) is 53.7 Å². The minimum Gasteiger partial charge on any atom is -1.00 e. The molecular weight excluding hydrogens is 389 g/mol. The molecule has 27 heavy (non-hydrogen) atoms. The first-order chi connectivity index (χ1) is 12.7. The van der Waals surface area contributed by atoms with Gasteiger partial charge in [-0.3, -0.25) is 0 Å². The molecule has 0 saturated carbocycles. The summed E-state index contributed by atoms with van der Waals surface area (Å²) < 4.78 is 20.5. The number of nitrogens with one attached hydrogen (secondary N) is 1. The van der Waals surface area contributed by atoms with E-state index in [1.54, 1.807) is 28.6 Å². The van der Waals surface area contributed by atoms with Crippen molar-refractivity contribution in [2.75, 3.05) is 12.3 Å². The fourth-order valence-electron chi connectivity index (χ4n) is 2.31. The number of thioether (sulfide) groups is 1. The van der Waals surface area contributed by atoms with Crippen molar-refractivity contribution in [2.45, 2.75) is 18.3 Å². The van der Waals surface area contributed by atoms with Crippen molar-refractivity contribution in [3.63, 3.8) is 0 Å². The van der Waals surface area contributed by atoms with E-state index in [-0.39, 0.29) is 18.2 Å². The highest BCUT2D eigenvalue weighted by Crippen LogP contribution is 2.19. The molecule has 9 heteroatoms. The van der Waals surface area contributed by atoms with Gasteiger partial charge in [0.25, 0.3) is 0 Å². The second kappa shape index (κ2) is 10.9. The zero-order valence-electron chi connectivity index (χ0n) is 14.8. The average molecular weight is 409 g/mol. The highest BCUT2D eigenvalue weighted by atomic mass is 35.5. The Hall–Kier alpha value is -2.16. The minimum absolute atomic E-state index is 0. The summed E-state index contributed by atoms with van der Waals surface area (Å²) in [6, 6.07) is 14.3. The van der Waals surface area contributed by atoms with Crippen molar-refractivity contribution >= 4 is 11.8 Å². The molecule has 6 nitrogen and oxygen atoms in total. The van der Waals surface area contributed by atoms with E-state index in [1.165, 1.54) is 12.1 Å². The van der Waals surface area contributed by atoms with E-state index in [1.807, 2.05) is 31.3 Å². The third-order valence-corrected chi connectivity index (χ3v) is 4.70. The van der Waals surface area contributed by atoms with Crippen LogP contribution < -0.4 is 22.5 Å². The lowest BCUT2D eigenvalue weighted by Gasteiger charge is -2.12. The molecule has 3 aromatic rings. The standard InChI is InChI=1S/C18H20FN5OS.ClH/c1-24-18(21-22-23-24)26-11-10-20-12-15-4-2-3-5-17(15)25-13-14-6-8-16(19)9-7-14;/h2-9,20H,10-13H2,1H3;1H/p-1. The molecular formula is C18H20ClFN5OS-. The Morgan fingerprint density at radius 1 is 1.15 bits per heavy atom. The SMILES string of the molecule is Cn1nnnc1SCCNCc1ccccc1OCc1ccc(F)cc1.[Cl-]. The smallest absolute Gasteiger partial charge is 0.209 e. The summed E-state index contributed by atoms with van der Waals surface area (Å²) in [7, 11) is 1.82. The molecule has 0 amide bonds. The van der Waals surface area contributed by atoms with Gasteiger partial charge in [-0.2, -0.15) is 0 Å². The van der Waals surface area contributed by atoms with Crippen molar-refractivity contribution in [3.05, 3.63) is 65.5 Å². The van der Waals surface area contributed by atoms with Crippen molar-refractivity contribution in [3.8, 4) is 5.75 Å². The van der Waals surface area contributed by atoms with Crippen LogP contribution in [0, 0.1) is 5.82 Å². The molecule has 144 valence electrons. The van der Waals surface area contributed by atoms with Gasteiger partial charge in [-0.05, 0) is 34.2 Å². The number of aryl methyl sites for hydroxylation is 1. The molecule has 1 N–H and O–H groups in total. The van der Waals surface area contributed by atoms with Gasteiger partial charge in [0.05, 0.1) is 0 Å². The van der Waals surface area contributed by atoms with E-state index in [9.17, 15) is 4.39 Å². The minimum atomic E-state index is -0.242. The van der Waals surface area contributed by atoms with Crippen LogP contribution in [-0.4, -0.2) is 32.5 Å². The maximum absolute atomic E-state index is 13.0. The Morgan fingerprint density at radius 2 is 1.93 bits per heavy atom. The topological polar surface area (TPSA) is 64.9 Å². The first-order valence-electron chi connectivity index (χ1n) is 8.23. The third-order valence-electron chi connectivity index (χ3n) is 3.69. The van der Waals surface area contributed by atoms with Gasteiger partial charge >= 0.3 is 0 Å². The van der Waals surface area contributed by atoms with Crippen molar-refractivity contribution in [1.82, 2.24) is 25.5 Å². The zero-order chi connectivity index (χ0) is 18.2. The Kier molecular flexibility index (Phi) is 8.50. The number of nitrogens with zero attached hydrogens (tertiary/aromatic N) is 4. The van der Waals surface area contributed by atoms with Gasteiger partial charge in [0, 0.05) is 31.5 Å². The quantitative estimate of drug-likeness (QED) is 0.391. The van der Waals surface area contributed by atoms with Gasteiger partial charge < -0.3 is 22.5 Å². The van der Waals surface area contributed by atoms with Crippen LogP contribution in [0.4, 0.5) is 4.39 Å². The monoisotopic (exact) mass is 408 g/mol. The predicted molar refractivity (Wildman–Crippen MR) is 98.4 cm³/mol. The lowest BCUT2D eigenvalue weighted by molar-refractivity contribution is -0.00000645. The summed E-state index contributed by atoms with van der Waals surface area (Å²) in [5, 5.41) is 15.6. The molecule has 0 aliphatic heterocycles. The van der Waals surface area contributed by atoms with Crippen molar-refractivity contribution < 1.29 is 21.5 Å².